The highest BCUT2D eigenvalue weighted by atomic mass is 14.8. The van der Waals surface area contributed by atoms with E-state index in [0.717, 1.165) is 0 Å². The summed E-state index contributed by atoms with van der Waals surface area (Å²) in [6.45, 7) is 4.60. The topological polar surface area (TPSA) is 12.0 Å². The molecule has 0 aliphatic rings. The summed E-state index contributed by atoms with van der Waals surface area (Å²) in [7, 11) is 2.08. The molecule has 0 atom stereocenters. The van der Waals surface area contributed by atoms with Crippen LogP contribution in [0.3, 0.4) is 0 Å². The fraction of sp³-hybridized carbons (Fsp3) is 0.806. The zero-order valence-electron chi connectivity index (χ0n) is 22.3. The third kappa shape index (κ3) is 15.0. The zero-order chi connectivity index (χ0) is 23.1. The Labute approximate surface area is 202 Å². The van der Waals surface area contributed by atoms with Gasteiger partial charge in [0.2, 0.25) is 0 Å². The van der Waals surface area contributed by atoms with Crippen LogP contribution in [-0.4, -0.2) is 7.05 Å². The minimum absolute atomic E-state index is 1.25. The Morgan fingerprint density at radius 3 is 1.34 bits per heavy atom. The second-order valence-electron chi connectivity index (χ2n) is 10.1. The van der Waals surface area contributed by atoms with Crippen molar-refractivity contribution in [3.05, 3.63) is 29.3 Å². The number of rotatable bonds is 23. The first-order valence-electron chi connectivity index (χ1n) is 14.6. The molecule has 0 radical (unpaired) electrons. The molecule has 0 fully saturated rings. The van der Waals surface area contributed by atoms with Crippen LogP contribution in [0, 0.1) is 0 Å². The maximum absolute atomic E-state index is 3.46. The lowest BCUT2D eigenvalue weighted by Crippen LogP contribution is -2.01. The van der Waals surface area contributed by atoms with E-state index in [2.05, 4.69) is 44.4 Å². The Balaban J connectivity index is 2.19. The number of anilines is 1. The first-order valence-corrected chi connectivity index (χ1v) is 14.6. The largest absolute Gasteiger partial charge is 0.388 e. The molecule has 0 heterocycles. The SMILES string of the molecule is CCCCCCCCCCCCc1cccc(NC)c1CCCCCCCCCCCC. The monoisotopic (exact) mass is 443 g/mol. The molecule has 1 rings (SSSR count). The summed E-state index contributed by atoms with van der Waals surface area (Å²) in [5.41, 5.74) is 4.57. The number of benzene rings is 1. The van der Waals surface area contributed by atoms with Gasteiger partial charge in [-0.1, -0.05) is 142 Å². The fourth-order valence-electron chi connectivity index (χ4n) is 4.99. The molecule has 1 nitrogen and oxygen atoms in total. The smallest absolute Gasteiger partial charge is 0.0372 e. The molecular formula is C31H57N. The van der Waals surface area contributed by atoms with Crippen LogP contribution in [0.25, 0.3) is 0 Å². The van der Waals surface area contributed by atoms with Crippen LogP contribution >= 0.6 is 0 Å². The Bertz CT molecular complexity index is 521. The van der Waals surface area contributed by atoms with E-state index >= 15 is 0 Å². The first kappa shape index (κ1) is 29.1. The van der Waals surface area contributed by atoms with E-state index in [-0.39, 0.29) is 0 Å². The maximum Gasteiger partial charge on any atom is 0.0372 e. The lowest BCUT2D eigenvalue weighted by Gasteiger charge is -2.15. The fourth-order valence-corrected chi connectivity index (χ4v) is 4.99. The molecular weight excluding hydrogens is 386 g/mol. The summed E-state index contributed by atoms with van der Waals surface area (Å²) in [5, 5.41) is 3.46. The zero-order valence-corrected chi connectivity index (χ0v) is 22.3. The van der Waals surface area contributed by atoms with E-state index in [1.54, 1.807) is 11.1 Å². The van der Waals surface area contributed by atoms with Crippen molar-refractivity contribution in [1.29, 1.82) is 0 Å². The minimum Gasteiger partial charge on any atom is -0.388 e. The second kappa shape index (κ2) is 21.8. The van der Waals surface area contributed by atoms with Gasteiger partial charge < -0.3 is 5.32 Å². The molecule has 0 aromatic heterocycles. The van der Waals surface area contributed by atoms with Gasteiger partial charge in [0.05, 0.1) is 0 Å². The molecule has 0 aliphatic heterocycles. The van der Waals surface area contributed by atoms with Gasteiger partial charge in [-0.3, -0.25) is 0 Å². The van der Waals surface area contributed by atoms with Gasteiger partial charge in [-0.15, -0.1) is 0 Å². The van der Waals surface area contributed by atoms with Crippen LogP contribution in [0.1, 0.15) is 153 Å². The summed E-state index contributed by atoms with van der Waals surface area (Å²) >= 11 is 0. The van der Waals surface area contributed by atoms with Crippen molar-refractivity contribution in [2.24, 2.45) is 0 Å². The van der Waals surface area contributed by atoms with Crippen LogP contribution in [0.4, 0.5) is 5.69 Å². The molecule has 0 aliphatic carbocycles. The summed E-state index contributed by atoms with van der Waals surface area (Å²) in [6.07, 6.45) is 30.9. The van der Waals surface area contributed by atoms with Gasteiger partial charge in [-0.25, -0.2) is 0 Å². The number of hydrogen-bond acceptors (Lipinski definition) is 1. The molecule has 1 heteroatoms. The molecule has 1 aromatic rings. The van der Waals surface area contributed by atoms with E-state index in [1.165, 1.54) is 147 Å². The summed E-state index contributed by atoms with van der Waals surface area (Å²) < 4.78 is 0. The Hall–Kier alpha value is -0.980. The van der Waals surface area contributed by atoms with E-state index in [0.29, 0.717) is 0 Å². The molecule has 0 saturated heterocycles. The van der Waals surface area contributed by atoms with E-state index in [1.807, 2.05) is 0 Å². The maximum atomic E-state index is 3.46. The van der Waals surface area contributed by atoms with Gasteiger partial charge in [0.25, 0.3) is 0 Å². The number of nitrogens with one attached hydrogen (secondary N) is 1. The van der Waals surface area contributed by atoms with Crippen molar-refractivity contribution in [1.82, 2.24) is 0 Å². The van der Waals surface area contributed by atoms with E-state index in [4.69, 9.17) is 0 Å². The van der Waals surface area contributed by atoms with Crippen molar-refractivity contribution in [3.63, 3.8) is 0 Å². The molecule has 0 bridgehead atoms. The van der Waals surface area contributed by atoms with Gasteiger partial charge in [-0.2, -0.15) is 0 Å². The summed E-state index contributed by atoms with van der Waals surface area (Å²) in [5.74, 6) is 0. The molecule has 186 valence electrons. The molecule has 1 aromatic carbocycles. The van der Waals surface area contributed by atoms with Crippen LogP contribution in [-0.2, 0) is 12.8 Å². The Morgan fingerprint density at radius 1 is 0.500 bits per heavy atom. The number of aryl methyl sites for hydroxylation is 1. The third-order valence-electron chi connectivity index (χ3n) is 7.12. The first-order chi connectivity index (χ1) is 15.8. The second-order valence-corrected chi connectivity index (χ2v) is 10.1. The van der Waals surface area contributed by atoms with Crippen LogP contribution < -0.4 is 5.32 Å². The minimum atomic E-state index is 1.25. The van der Waals surface area contributed by atoms with Gasteiger partial charge in [0.15, 0.2) is 0 Å². The standard InChI is InChI=1S/C31H57N/c1-4-6-8-10-12-14-16-18-20-22-25-29-26-24-28-31(32-3)30(29)27-23-21-19-17-15-13-11-9-7-5-2/h24,26,28,32H,4-23,25,27H2,1-3H3. The van der Waals surface area contributed by atoms with Crippen molar-refractivity contribution in [2.45, 2.75) is 155 Å². The van der Waals surface area contributed by atoms with E-state index < -0.39 is 0 Å². The van der Waals surface area contributed by atoms with Gasteiger partial charge >= 0.3 is 0 Å². The van der Waals surface area contributed by atoms with Gasteiger partial charge in [0.1, 0.15) is 0 Å². The quantitative estimate of drug-likeness (QED) is 0.166. The highest BCUT2D eigenvalue weighted by Gasteiger charge is 2.07. The molecule has 0 amide bonds. The predicted octanol–water partition coefficient (Wildman–Crippen LogP) is 10.7. The van der Waals surface area contributed by atoms with Crippen LogP contribution in [0.15, 0.2) is 18.2 Å². The third-order valence-corrected chi connectivity index (χ3v) is 7.12. The van der Waals surface area contributed by atoms with Crippen LogP contribution in [0.5, 0.6) is 0 Å². The van der Waals surface area contributed by atoms with Gasteiger partial charge in [-0.05, 0) is 42.9 Å². The molecule has 1 N–H and O–H groups in total. The summed E-state index contributed by atoms with van der Waals surface area (Å²) in [4.78, 5) is 0. The number of unbranched alkanes of at least 4 members (excludes halogenated alkanes) is 18. The normalized spacial score (nSPS) is 11.2. The van der Waals surface area contributed by atoms with Gasteiger partial charge in [0, 0.05) is 12.7 Å². The average molecular weight is 444 g/mol. The van der Waals surface area contributed by atoms with Crippen LogP contribution in [0.2, 0.25) is 0 Å². The van der Waals surface area contributed by atoms with Crippen molar-refractivity contribution in [2.75, 3.05) is 12.4 Å². The average Bonchev–Trinajstić information content (AvgIpc) is 2.81. The predicted molar refractivity (Wildman–Crippen MR) is 147 cm³/mol. The van der Waals surface area contributed by atoms with Crippen molar-refractivity contribution >= 4 is 5.69 Å². The number of hydrogen-bond donors (Lipinski definition) is 1. The van der Waals surface area contributed by atoms with Crippen molar-refractivity contribution < 1.29 is 0 Å². The lowest BCUT2D eigenvalue weighted by atomic mass is 9.94. The highest BCUT2D eigenvalue weighted by Crippen LogP contribution is 2.25. The van der Waals surface area contributed by atoms with E-state index in [9.17, 15) is 0 Å². The Morgan fingerprint density at radius 2 is 0.906 bits per heavy atom. The lowest BCUT2D eigenvalue weighted by molar-refractivity contribution is 0.553. The Kier molecular flexibility index (Phi) is 19.8. The highest BCUT2D eigenvalue weighted by molar-refractivity contribution is 5.54. The summed E-state index contributed by atoms with van der Waals surface area (Å²) in [6, 6.07) is 6.91. The van der Waals surface area contributed by atoms with Crippen molar-refractivity contribution in [3.8, 4) is 0 Å². The molecule has 32 heavy (non-hydrogen) atoms. The molecule has 0 saturated carbocycles. The molecule has 0 unspecified atom stereocenters. The molecule has 0 spiro atoms.